The number of carbonyl (C=O) groups excluding carboxylic acids is 3. The Hall–Kier alpha value is -2.52. The number of hydrogen-bond donors (Lipinski definition) is 2. The van der Waals surface area contributed by atoms with Crippen LogP contribution in [0.5, 0.6) is 0 Å². The first-order chi connectivity index (χ1) is 12.8. The molecule has 1 aromatic carbocycles. The van der Waals surface area contributed by atoms with Crippen LogP contribution in [-0.4, -0.2) is 44.1 Å². The van der Waals surface area contributed by atoms with Crippen LogP contribution in [-0.2, 0) is 30.8 Å². The number of nitrogens with one attached hydrogen (secondary N) is 1. The van der Waals surface area contributed by atoms with E-state index >= 15 is 0 Å². The summed E-state index contributed by atoms with van der Waals surface area (Å²) in [6.45, 7) is 0.0349. The number of amides is 3. The molecule has 1 aliphatic carbocycles. The molecule has 0 spiro atoms. The van der Waals surface area contributed by atoms with Crippen molar-refractivity contribution in [2.45, 2.75) is 24.2 Å². The van der Waals surface area contributed by atoms with E-state index in [2.05, 4.69) is 5.32 Å². The number of hydrogen-bond acceptors (Lipinski definition) is 5. The van der Waals surface area contributed by atoms with Gasteiger partial charge in [-0.2, -0.15) is 0 Å². The standard InChI is InChI=1S/C18H21N3O5S/c19-27(25,26)13-7-5-12(6-8-13)9-10-20-16(22)11-21-17(23)14-3-1-2-4-15(14)18(21)24/h1-2,5-8,14-15H,3-4,9-11H2,(H,20,22)(H2,19,25,26)/t14-,15-/m0/s1. The molecule has 2 atom stereocenters. The Morgan fingerprint density at radius 2 is 1.63 bits per heavy atom. The molecule has 1 saturated heterocycles. The van der Waals surface area contributed by atoms with Crippen LogP contribution in [0, 0.1) is 11.8 Å². The number of nitrogens with zero attached hydrogens (tertiary/aromatic N) is 1. The molecule has 1 heterocycles. The Bertz CT molecular complexity index is 866. The number of nitrogens with two attached hydrogens (primary N) is 1. The first-order valence-corrected chi connectivity index (χ1v) is 10.2. The Labute approximate surface area is 157 Å². The van der Waals surface area contributed by atoms with Gasteiger partial charge in [-0.05, 0) is 37.0 Å². The molecule has 1 fully saturated rings. The van der Waals surface area contributed by atoms with Gasteiger partial charge in [0, 0.05) is 6.54 Å². The third-order valence-electron chi connectivity index (χ3n) is 4.89. The smallest absolute Gasteiger partial charge is 0.240 e. The molecule has 3 rings (SSSR count). The maximum atomic E-state index is 12.3. The van der Waals surface area contributed by atoms with Gasteiger partial charge in [-0.15, -0.1) is 0 Å². The van der Waals surface area contributed by atoms with Gasteiger partial charge < -0.3 is 5.32 Å². The van der Waals surface area contributed by atoms with Gasteiger partial charge >= 0.3 is 0 Å². The number of rotatable bonds is 6. The lowest BCUT2D eigenvalue weighted by molar-refractivity contribution is -0.143. The number of carbonyl (C=O) groups is 3. The van der Waals surface area contributed by atoms with Crippen molar-refractivity contribution in [1.29, 1.82) is 0 Å². The SMILES string of the molecule is NS(=O)(=O)c1ccc(CCNC(=O)CN2C(=O)[C@H]3CC=CC[C@@H]3C2=O)cc1. The Morgan fingerprint density at radius 1 is 1.07 bits per heavy atom. The number of imide groups is 1. The molecule has 8 nitrogen and oxygen atoms in total. The predicted molar refractivity (Wildman–Crippen MR) is 96.6 cm³/mol. The third kappa shape index (κ3) is 4.25. The average Bonchev–Trinajstić information content (AvgIpc) is 2.87. The zero-order chi connectivity index (χ0) is 19.6. The summed E-state index contributed by atoms with van der Waals surface area (Å²) in [6.07, 6.45) is 5.37. The van der Waals surface area contributed by atoms with Gasteiger partial charge in [0.15, 0.2) is 0 Å². The monoisotopic (exact) mass is 391 g/mol. The molecule has 3 N–H and O–H groups in total. The summed E-state index contributed by atoms with van der Waals surface area (Å²) in [5.41, 5.74) is 0.827. The highest BCUT2D eigenvalue weighted by atomic mass is 32.2. The number of primary sulfonamides is 1. The van der Waals surface area contributed by atoms with Gasteiger partial charge in [-0.1, -0.05) is 24.3 Å². The van der Waals surface area contributed by atoms with Crippen molar-refractivity contribution < 1.29 is 22.8 Å². The number of allylic oxidation sites excluding steroid dienone is 2. The summed E-state index contributed by atoms with van der Waals surface area (Å²) in [6, 6.07) is 6.06. The molecule has 1 aromatic rings. The van der Waals surface area contributed by atoms with E-state index in [0.717, 1.165) is 10.5 Å². The van der Waals surface area contributed by atoms with Crippen LogP contribution < -0.4 is 10.5 Å². The first-order valence-electron chi connectivity index (χ1n) is 8.66. The highest BCUT2D eigenvalue weighted by Gasteiger charge is 2.47. The maximum absolute atomic E-state index is 12.3. The van der Waals surface area contributed by atoms with Crippen LogP contribution in [0.4, 0.5) is 0 Å². The second-order valence-corrected chi connectivity index (χ2v) is 8.27. The molecule has 9 heteroatoms. The van der Waals surface area contributed by atoms with Crippen molar-refractivity contribution in [2.75, 3.05) is 13.1 Å². The Morgan fingerprint density at radius 3 is 2.15 bits per heavy atom. The largest absolute Gasteiger partial charge is 0.354 e. The van der Waals surface area contributed by atoms with E-state index in [9.17, 15) is 22.8 Å². The minimum atomic E-state index is -3.73. The quantitative estimate of drug-likeness (QED) is 0.519. The third-order valence-corrected chi connectivity index (χ3v) is 5.82. The fourth-order valence-electron chi connectivity index (χ4n) is 3.42. The molecule has 27 heavy (non-hydrogen) atoms. The van der Waals surface area contributed by atoms with E-state index < -0.39 is 15.9 Å². The average molecular weight is 391 g/mol. The van der Waals surface area contributed by atoms with Crippen molar-refractivity contribution in [2.24, 2.45) is 17.0 Å². The highest BCUT2D eigenvalue weighted by Crippen LogP contribution is 2.34. The van der Waals surface area contributed by atoms with E-state index in [1.54, 1.807) is 12.1 Å². The van der Waals surface area contributed by atoms with Gasteiger partial charge in [0.05, 0.1) is 16.7 Å². The molecule has 0 bridgehead atoms. The molecule has 1 aliphatic heterocycles. The van der Waals surface area contributed by atoms with Gasteiger partial charge in [0.25, 0.3) is 0 Å². The van der Waals surface area contributed by atoms with Crippen LogP contribution in [0.15, 0.2) is 41.3 Å². The van der Waals surface area contributed by atoms with E-state index in [4.69, 9.17) is 5.14 Å². The van der Waals surface area contributed by atoms with Crippen molar-refractivity contribution in [3.8, 4) is 0 Å². The summed E-state index contributed by atoms with van der Waals surface area (Å²) in [7, 11) is -3.73. The number of sulfonamides is 1. The molecular formula is C18H21N3O5S. The van der Waals surface area contributed by atoms with Crippen molar-refractivity contribution in [3.05, 3.63) is 42.0 Å². The molecule has 144 valence electrons. The number of benzene rings is 1. The first kappa shape index (κ1) is 19.2. The lowest BCUT2D eigenvalue weighted by atomic mass is 9.85. The van der Waals surface area contributed by atoms with E-state index in [1.165, 1.54) is 12.1 Å². The minimum Gasteiger partial charge on any atom is -0.354 e. The van der Waals surface area contributed by atoms with E-state index in [0.29, 0.717) is 25.8 Å². The molecule has 0 unspecified atom stereocenters. The zero-order valence-corrected chi connectivity index (χ0v) is 15.4. The maximum Gasteiger partial charge on any atom is 0.240 e. The number of fused-ring (bicyclic) bond motifs is 1. The van der Waals surface area contributed by atoms with Crippen molar-refractivity contribution >= 4 is 27.7 Å². The van der Waals surface area contributed by atoms with Gasteiger partial charge in [-0.3, -0.25) is 19.3 Å². The molecular weight excluding hydrogens is 370 g/mol. The molecule has 2 aliphatic rings. The predicted octanol–water partition coefficient (Wildman–Crippen LogP) is -0.0561. The molecule has 0 saturated carbocycles. The van der Waals surface area contributed by atoms with Gasteiger partial charge in [0.2, 0.25) is 27.7 Å². The zero-order valence-electron chi connectivity index (χ0n) is 14.6. The summed E-state index contributed by atoms with van der Waals surface area (Å²) in [4.78, 5) is 37.8. The van der Waals surface area contributed by atoms with Crippen molar-refractivity contribution in [3.63, 3.8) is 0 Å². The second-order valence-electron chi connectivity index (χ2n) is 6.71. The van der Waals surface area contributed by atoms with Crippen molar-refractivity contribution in [1.82, 2.24) is 10.2 Å². The van der Waals surface area contributed by atoms with Gasteiger partial charge in [-0.25, -0.2) is 13.6 Å². The Balaban J connectivity index is 1.49. The lowest BCUT2D eigenvalue weighted by Gasteiger charge is -2.14. The molecule has 0 aromatic heterocycles. The highest BCUT2D eigenvalue weighted by molar-refractivity contribution is 7.89. The summed E-state index contributed by atoms with van der Waals surface area (Å²) < 4.78 is 22.4. The normalized spacial score (nSPS) is 22.0. The second kappa shape index (κ2) is 7.61. The fraction of sp³-hybridized carbons (Fsp3) is 0.389. The van der Waals surface area contributed by atoms with E-state index in [-0.39, 0.29) is 35.1 Å². The summed E-state index contributed by atoms with van der Waals surface area (Å²) >= 11 is 0. The Kier molecular flexibility index (Phi) is 5.43. The van der Waals surface area contributed by atoms with Crippen LogP contribution in [0.25, 0.3) is 0 Å². The minimum absolute atomic E-state index is 0.0253. The van der Waals surface area contributed by atoms with Crippen LogP contribution in [0.3, 0.4) is 0 Å². The van der Waals surface area contributed by atoms with Crippen LogP contribution in [0.1, 0.15) is 18.4 Å². The molecule has 3 amide bonds. The van der Waals surface area contributed by atoms with Gasteiger partial charge in [0.1, 0.15) is 6.54 Å². The number of likely N-dealkylation sites (tertiary alicyclic amines) is 1. The fourth-order valence-corrected chi connectivity index (χ4v) is 3.93. The lowest BCUT2D eigenvalue weighted by Crippen LogP contribution is -2.41. The van der Waals surface area contributed by atoms with E-state index in [1.807, 2.05) is 12.2 Å². The topological polar surface area (TPSA) is 127 Å². The van der Waals surface area contributed by atoms with Crippen LogP contribution in [0.2, 0.25) is 0 Å². The molecule has 0 radical (unpaired) electrons. The summed E-state index contributed by atoms with van der Waals surface area (Å²) in [5.74, 6) is -1.63. The summed E-state index contributed by atoms with van der Waals surface area (Å²) in [5, 5.41) is 7.72. The van der Waals surface area contributed by atoms with Crippen LogP contribution >= 0.6 is 0 Å².